The topological polar surface area (TPSA) is 126 Å². The SMILES string of the molecule is COC(=O)C(Cc1ccccc1)NC(=O)Nc1cccc(C2OC(CSCCO)C(C)C(c3ccc(CO)cc3)O2)c1. The molecular formula is C32H38N2O7S. The van der Waals surface area contributed by atoms with Gasteiger partial charge in [-0.05, 0) is 28.8 Å². The molecule has 4 rings (SSSR count). The molecular weight excluding hydrogens is 556 g/mol. The monoisotopic (exact) mass is 594 g/mol. The number of urea groups is 1. The van der Waals surface area contributed by atoms with Crippen molar-refractivity contribution < 1.29 is 34.0 Å². The van der Waals surface area contributed by atoms with Crippen molar-refractivity contribution in [1.82, 2.24) is 5.32 Å². The van der Waals surface area contributed by atoms with Gasteiger partial charge in [0.25, 0.3) is 0 Å². The summed E-state index contributed by atoms with van der Waals surface area (Å²) in [5.74, 6) is 0.784. The molecule has 4 N–H and O–H groups in total. The van der Waals surface area contributed by atoms with E-state index in [1.807, 2.05) is 60.7 Å². The van der Waals surface area contributed by atoms with E-state index in [1.165, 1.54) is 7.11 Å². The van der Waals surface area contributed by atoms with Crippen molar-refractivity contribution in [3.8, 4) is 0 Å². The number of hydrogen-bond donors (Lipinski definition) is 4. The minimum absolute atomic E-state index is 0.0272. The highest BCUT2D eigenvalue weighted by Crippen LogP contribution is 2.42. The highest BCUT2D eigenvalue weighted by Gasteiger charge is 2.38. The Morgan fingerprint density at radius 3 is 2.40 bits per heavy atom. The Balaban J connectivity index is 1.49. The van der Waals surface area contributed by atoms with E-state index < -0.39 is 24.3 Å². The van der Waals surface area contributed by atoms with Gasteiger partial charge in [0.05, 0.1) is 32.5 Å². The van der Waals surface area contributed by atoms with Gasteiger partial charge in [-0.3, -0.25) is 0 Å². The molecule has 0 spiro atoms. The van der Waals surface area contributed by atoms with E-state index in [9.17, 15) is 19.8 Å². The number of carbonyl (C=O) groups is 2. The summed E-state index contributed by atoms with van der Waals surface area (Å²) < 4.78 is 17.8. The number of nitrogens with one attached hydrogen (secondary N) is 2. The number of hydrogen-bond acceptors (Lipinski definition) is 8. The van der Waals surface area contributed by atoms with E-state index in [-0.39, 0.29) is 31.3 Å². The van der Waals surface area contributed by atoms with E-state index in [1.54, 1.807) is 30.0 Å². The van der Waals surface area contributed by atoms with Crippen molar-refractivity contribution in [3.05, 3.63) is 101 Å². The first-order valence-corrected chi connectivity index (χ1v) is 15.1. The van der Waals surface area contributed by atoms with Crippen LogP contribution < -0.4 is 10.6 Å². The van der Waals surface area contributed by atoms with E-state index in [4.69, 9.17) is 14.2 Å². The van der Waals surface area contributed by atoms with Crippen LogP contribution in [-0.2, 0) is 32.0 Å². The summed E-state index contributed by atoms with van der Waals surface area (Å²) in [6.45, 7) is 2.14. The molecule has 9 nitrogen and oxygen atoms in total. The molecule has 1 aliphatic heterocycles. The third-order valence-corrected chi connectivity index (χ3v) is 8.17. The summed E-state index contributed by atoms with van der Waals surface area (Å²) in [5, 5.41) is 24.3. The standard InChI is InChI=1S/C32H38N2O7S/c1-21-28(20-42-16-15-35)40-31(41-29(21)24-13-11-23(19-36)12-14-24)25-9-6-10-26(18-25)33-32(38)34-27(30(37)39-2)17-22-7-4-3-5-8-22/h3-14,18,21,27-29,31,35-36H,15-17,19-20H2,1-2H3,(H2,33,34,38). The van der Waals surface area contributed by atoms with E-state index in [2.05, 4.69) is 17.6 Å². The number of aliphatic hydroxyl groups is 2. The van der Waals surface area contributed by atoms with Crippen molar-refractivity contribution in [2.75, 3.05) is 30.5 Å². The Labute approximate surface area is 250 Å². The van der Waals surface area contributed by atoms with E-state index in [0.29, 0.717) is 23.6 Å². The van der Waals surface area contributed by atoms with Gasteiger partial charge in [0.15, 0.2) is 6.29 Å². The Bertz CT molecular complexity index is 1290. The first kappa shape index (κ1) is 31.5. The molecule has 3 aromatic rings. The molecule has 0 bridgehead atoms. The molecule has 0 saturated carbocycles. The zero-order chi connectivity index (χ0) is 29.9. The highest BCUT2D eigenvalue weighted by atomic mass is 32.2. The maximum absolute atomic E-state index is 12.9. The van der Waals surface area contributed by atoms with Crippen molar-refractivity contribution in [1.29, 1.82) is 0 Å². The van der Waals surface area contributed by atoms with Crippen molar-refractivity contribution in [3.63, 3.8) is 0 Å². The third kappa shape index (κ3) is 8.56. The molecule has 0 aromatic heterocycles. The number of esters is 1. The van der Waals surface area contributed by atoms with Gasteiger partial charge in [0.2, 0.25) is 0 Å². The quantitative estimate of drug-likeness (QED) is 0.177. The number of anilines is 1. The average molecular weight is 595 g/mol. The Kier molecular flexibility index (Phi) is 11.8. The number of aliphatic hydroxyl groups excluding tert-OH is 2. The first-order chi connectivity index (χ1) is 20.4. The van der Waals surface area contributed by atoms with Crippen LogP contribution in [0.2, 0.25) is 0 Å². The van der Waals surface area contributed by atoms with Crippen LogP contribution >= 0.6 is 11.8 Å². The Morgan fingerprint density at radius 1 is 0.952 bits per heavy atom. The predicted molar refractivity (Wildman–Crippen MR) is 162 cm³/mol. The molecule has 2 amide bonds. The average Bonchev–Trinajstić information content (AvgIpc) is 3.02. The third-order valence-electron chi connectivity index (χ3n) is 7.13. The number of rotatable bonds is 12. The van der Waals surface area contributed by atoms with Gasteiger partial charge in [-0.1, -0.05) is 73.7 Å². The minimum Gasteiger partial charge on any atom is -0.467 e. The van der Waals surface area contributed by atoms with Crippen LogP contribution in [0.1, 0.15) is 41.6 Å². The molecule has 42 heavy (non-hydrogen) atoms. The molecule has 0 radical (unpaired) electrons. The molecule has 1 fully saturated rings. The summed E-state index contributed by atoms with van der Waals surface area (Å²) in [6.07, 6.45) is -0.829. The highest BCUT2D eigenvalue weighted by molar-refractivity contribution is 7.99. The fraction of sp³-hybridized carbons (Fsp3) is 0.375. The Hall–Kier alpha value is -3.41. The normalized spacial score (nSPS) is 20.9. The van der Waals surface area contributed by atoms with Crippen LogP contribution in [0.25, 0.3) is 0 Å². The van der Waals surface area contributed by atoms with Gasteiger partial charge in [0, 0.05) is 35.1 Å². The van der Waals surface area contributed by atoms with Gasteiger partial charge in [-0.25, -0.2) is 9.59 Å². The van der Waals surface area contributed by atoms with Crippen molar-refractivity contribution in [2.24, 2.45) is 5.92 Å². The lowest BCUT2D eigenvalue weighted by molar-refractivity contribution is -0.268. The molecule has 1 aliphatic rings. The lowest BCUT2D eigenvalue weighted by atomic mass is 9.91. The van der Waals surface area contributed by atoms with Crippen LogP contribution in [0.4, 0.5) is 10.5 Å². The maximum Gasteiger partial charge on any atom is 0.328 e. The molecule has 1 heterocycles. The fourth-order valence-corrected chi connectivity index (χ4v) is 5.76. The van der Waals surface area contributed by atoms with Crippen molar-refractivity contribution >= 4 is 29.4 Å². The van der Waals surface area contributed by atoms with Crippen molar-refractivity contribution in [2.45, 2.75) is 44.5 Å². The smallest absolute Gasteiger partial charge is 0.328 e. The predicted octanol–water partition coefficient (Wildman–Crippen LogP) is 4.60. The molecule has 224 valence electrons. The second-order valence-electron chi connectivity index (χ2n) is 10.1. The van der Waals surface area contributed by atoms with Crippen LogP contribution in [0.3, 0.4) is 0 Å². The van der Waals surface area contributed by atoms with E-state index in [0.717, 1.165) is 22.3 Å². The summed E-state index contributed by atoms with van der Waals surface area (Å²) in [6, 6.07) is 22.9. The zero-order valence-electron chi connectivity index (χ0n) is 23.8. The molecule has 5 atom stereocenters. The fourth-order valence-electron chi connectivity index (χ4n) is 4.85. The molecule has 5 unspecified atom stereocenters. The van der Waals surface area contributed by atoms with Gasteiger partial charge in [-0.15, -0.1) is 0 Å². The summed E-state index contributed by atoms with van der Waals surface area (Å²) in [4.78, 5) is 25.3. The maximum atomic E-state index is 12.9. The van der Waals surface area contributed by atoms with Gasteiger partial charge >= 0.3 is 12.0 Å². The number of ether oxygens (including phenoxy) is 3. The Morgan fingerprint density at radius 2 is 1.71 bits per heavy atom. The zero-order valence-corrected chi connectivity index (χ0v) is 24.6. The lowest BCUT2D eigenvalue weighted by Crippen LogP contribution is -2.45. The van der Waals surface area contributed by atoms with Gasteiger partial charge in [0.1, 0.15) is 6.04 Å². The molecule has 1 saturated heterocycles. The minimum atomic E-state index is -0.859. The van der Waals surface area contributed by atoms with Crippen LogP contribution in [0.15, 0.2) is 78.9 Å². The van der Waals surface area contributed by atoms with E-state index >= 15 is 0 Å². The largest absolute Gasteiger partial charge is 0.467 e. The van der Waals surface area contributed by atoms with Crippen LogP contribution in [-0.4, -0.2) is 59.6 Å². The summed E-state index contributed by atoms with van der Waals surface area (Å²) in [5.41, 5.74) is 3.92. The number of amides is 2. The number of methoxy groups -OCH3 is 1. The number of thioether (sulfide) groups is 1. The summed E-state index contributed by atoms with van der Waals surface area (Å²) in [7, 11) is 1.29. The summed E-state index contributed by atoms with van der Waals surface area (Å²) >= 11 is 1.62. The lowest BCUT2D eigenvalue weighted by Gasteiger charge is -2.41. The second kappa shape index (κ2) is 15.7. The van der Waals surface area contributed by atoms with Crippen LogP contribution in [0.5, 0.6) is 0 Å². The molecule has 0 aliphatic carbocycles. The number of carbonyl (C=O) groups excluding carboxylic acids is 2. The first-order valence-electron chi connectivity index (χ1n) is 13.9. The molecule has 3 aromatic carbocycles. The van der Waals surface area contributed by atoms with Gasteiger partial charge < -0.3 is 35.1 Å². The second-order valence-corrected chi connectivity index (χ2v) is 11.3. The van der Waals surface area contributed by atoms with Crippen LogP contribution in [0, 0.1) is 5.92 Å². The van der Waals surface area contributed by atoms with Gasteiger partial charge in [-0.2, -0.15) is 11.8 Å². The molecule has 10 heteroatoms. The number of benzene rings is 3.